The number of hydrogen-bond donors (Lipinski definition) is 6. The summed E-state index contributed by atoms with van der Waals surface area (Å²) in [7, 11) is 0. The molecule has 0 aliphatic heterocycles. The maximum atomic E-state index is 13.1. The fourth-order valence-electron chi connectivity index (χ4n) is 3.96. The van der Waals surface area contributed by atoms with Crippen LogP contribution in [0.1, 0.15) is 47.1 Å². The zero-order chi connectivity index (χ0) is 27.2. The summed E-state index contributed by atoms with van der Waals surface area (Å²) in [6.45, 7) is 10.4. The highest BCUT2D eigenvalue weighted by molar-refractivity contribution is 5.94. The molecule has 1 heterocycles. The first kappa shape index (κ1) is 28.8. The standard InChI is InChI=1S/C26H39N5O5/c1-13(2)20(24(33)30-21(14(3)4)25(34)31-22(15(5)6)26(35)36)29-23(32)18(27)11-16-12-28-19-10-8-7-9-17(16)19/h7-10,12-15,18,20-22,28H,11,27H2,1-6H3,(H,29,32)(H,30,33)(H,31,34)(H,35,36). The first-order valence-corrected chi connectivity index (χ1v) is 12.3. The molecule has 0 spiro atoms. The van der Waals surface area contributed by atoms with E-state index in [1.54, 1.807) is 41.5 Å². The van der Waals surface area contributed by atoms with Crippen molar-refractivity contribution in [2.45, 2.75) is 72.1 Å². The van der Waals surface area contributed by atoms with Crippen LogP contribution in [0.5, 0.6) is 0 Å². The number of aromatic amines is 1. The number of nitrogens with two attached hydrogens (primary N) is 1. The summed E-state index contributed by atoms with van der Waals surface area (Å²) < 4.78 is 0. The molecule has 0 saturated carbocycles. The molecule has 36 heavy (non-hydrogen) atoms. The van der Waals surface area contributed by atoms with E-state index in [2.05, 4.69) is 20.9 Å². The summed E-state index contributed by atoms with van der Waals surface area (Å²) in [4.78, 5) is 53.5. The molecule has 1 aromatic heterocycles. The second-order valence-electron chi connectivity index (χ2n) is 10.2. The second kappa shape index (κ2) is 12.5. The molecule has 198 valence electrons. The third-order valence-corrected chi connectivity index (χ3v) is 6.18. The molecule has 3 amide bonds. The van der Waals surface area contributed by atoms with Gasteiger partial charge in [0.05, 0.1) is 6.04 Å². The van der Waals surface area contributed by atoms with Crippen molar-refractivity contribution in [3.8, 4) is 0 Å². The average molecular weight is 502 g/mol. The number of nitrogens with one attached hydrogen (secondary N) is 4. The fraction of sp³-hybridized carbons (Fsp3) is 0.538. The van der Waals surface area contributed by atoms with Crippen LogP contribution in [0.3, 0.4) is 0 Å². The molecule has 10 nitrogen and oxygen atoms in total. The maximum Gasteiger partial charge on any atom is 0.326 e. The molecule has 10 heteroatoms. The van der Waals surface area contributed by atoms with E-state index in [4.69, 9.17) is 5.73 Å². The molecule has 2 rings (SSSR count). The highest BCUT2D eigenvalue weighted by atomic mass is 16.4. The van der Waals surface area contributed by atoms with Gasteiger partial charge in [-0.05, 0) is 35.8 Å². The van der Waals surface area contributed by atoms with E-state index in [1.807, 2.05) is 30.5 Å². The molecule has 4 atom stereocenters. The molecule has 7 N–H and O–H groups in total. The number of benzene rings is 1. The first-order valence-electron chi connectivity index (χ1n) is 12.3. The monoisotopic (exact) mass is 501 g/mol. The molecule has 4 unspecified atom stereocenters. The van der Waals surface area contributed by atoms with E-state index in [-0.39, 0.29) is 24.2 Å². The van der Waals surface area contributed by atoms with Gasteiger partial charge in [0.1, 0.15) is 18.1 Å². The zero-order valence-corrected chi connectivity index (χ0v) is 21.8. The quantitative estimate of drug-likeness (QED) is 0.258. The van der Waals surface area contributed by atoms with Crippen LogP contribution in [0.4, 0.5) is 0 Å². The van der Waals surface area contributed by atoms with E-state index in [9.17, 15) is 24.3 Å². The molecule has 0 radical (unpaired) electrons. The number of carboxylic acid groups (broad SMARTS) is 1. The van der Waals surface area contributed by atoms with Crippen molar-refractivity contribution in [1.29, 1.82) is 0 Å². The lowest BCUT2D eigenvalue weighted by atomic mass is 9.98. The Morgan fingerprint density at radius 3 is 1.78 bits per heavy atom. The van der Waals surface area contributed by atoms with Crippen LogP contribution < -0.4 is 21.7 Å². The van der Waals surface area contributed by atoms with Gasteiger partial charge < -0.3 is 31.8 Å². The van der Waals surface area contributed by atoms with Gasteiger partial charge in [0.25, 0.3) is 0 Å². The van der Waals surface area contributed by atoms with Gasteiger partial charge in [0.2, 0.25) is 17.7 Å². The van der Waals surface area contributed by atoms with Crippen molar-refractivity contribution in [1.82, 2.24) is 20.9 Å². The Morgan fingerprint density at radius 1 is 0.806 bits per heavy atom. The molecule has 0 aliphatic carbocycles. The summed E-state index contributed by atoms with van der Waals surface area (Å²) in [6, 6.07) is 3.83. The molecule has 0 saturated heterocycles. The molecule has 0 bridgehead atoms. The third-order valence-electron chi connectivity index (χ3n) is 6.18. The lowest BCUT2D eigenvalue weighted by Gasteiger charge is -2.29. The third kappa shape index (κ3) is 7.30. The highest BCUT2D eigenvalue weighted by Gasteiger charge is 2.33. The van der Waals surface area contributed by atoms with Crippen LogP contribution in [0.25, 0.3) is 10.9 Å². The van der Waals surface area contributed by atoms with Gasteiger partial charge in [-0.2, -0.15) is 0 Å². The smallest absolute Gasteiger partial charge is 0.326 e. The first-order chi connectivity index (χ1) is 16.8. The van der Waals surface area contributed by atoms with Crippen molar-refractivity contribution < 1.29 is 24.3 Å². The summed E-state index contributed by atoms with van der Waals surface area (Å²) in [5, 5.41) is 18.3. The van der Waals surface area contributed by atoms with Crippen molar-refractivity contribution in [3.05, 3.63) is 36.0 Å². The van der Waals surface area contributed by atoms with E-state index >= 15 is 0 Å². The van der Waals surface area contributed by atoms with E-state index < -0.39 is 47.9 Å². The Balaban J connectivity index is 2.09. The van der Waals surface area contributed by atoms with Crippen molar-refractivity contribution >= 4 is 34.6 Å². The van der Waals surface area contributed by atoms with Crippen LogP contribution in [0, 0.1) is 17.8 Å². The number of rotatable bonds is 12. The SMILES string of the molecule is CC(C)C(NC(=O)C(NC(=O)C(NC(=O)C(N)Cc1c[nH]c2ccccc12)C(C)C)C(C)C)C(=O)O. The molecular formula is C26H39N5O5. The maximum absolute atomic E-state index is 13.1. The predicted octanol–water partition coefficient (Wildman–Crippen LogP) is 1.54. The summed E-state index contributed by atoms with van der Waals surface area (Å²) in [5.41, 5.74) is 8.02. The Kier molecular flexibility index (Phi) is 10.0. The van der Waals surface area contributed by atoms with Crippen molar-refractivity contribution in [2.75, 3.05) is 0 Å². The average Bonchev–Trinajstić information content (AvgIpc) is 3.20. The van der Waals surface area contributed by atoms with Crippen LogP contribution in [-0.4, -0.2) is 57.9 Å². The van der Waals surface area contributed by atoms with Gasteiger partial charge >= 0.3 is 5.97 Å². The zero-order valence-electron chi connectivity index (χ0n) is 21.8. The number of amides is 3. The number of carbonyl (C=O) groups excluding carboxylic acids is 3. The number of carboxylic acids is 1. The van der Waals surface area contributed by atoms with Gasteiger partial charge in [0.15, 0.2) is 0 Å². The minimum Gasteiger partial charge on any atom is -0.480 e. The number of aromatic nitrogens is 1. The molecular weight excluding hydrogens is 462 g/mol. The van der Waals surface area contributed by atoms with Crippen molar-refractivity contribution in [2.24, 2.45) is 23.5 Å². The number of para-hydroxylation sites is 1. The van der Waals surface area contributed by atoms with Gasteiger partial charge in [-0.3, -0.25) is 14.4 Å². The van der Waals surface area contributed by atoms with Gasteiger partial charge in [0, 0.05) is 17.1 Å². The fourth-order valence-corrected chi connectivity index (χ4v) is 3.96. The van der Waals surface area contributed by atoms with E-state index in [1.165, 1.54) is 0 Å². The molecule has 2 aromatic rings. The van der Waals surface area contributed by atoms with Gasteiger partial charge in [-0.25, -0.2) is 4.79 Å². The number of fused-ring (bicyclic) bond motifs is 1. The lowest BCUT2D eigenvalue weighted by molar-refractivity contribution is -0.144. The normalized spacial score (nSPS) is 14.9. The lowest BCUT2D eigenvalue weighted by Crippen LogP contribution is -2.60. The molecule has 0 aliphatic rings. The number of carbonyl (C=O) groups is 4. The topological polar surface area (TPSA) is 166 Å². The Hall–Kier alpha value is -3.40. The van der Waals surface area contributed by atoms with Crippen LogP contribution in [-0.2, 0) is 25.6 Å². The van der Waals surface area contributed by atoms with Crippen molar-refractivity contribution in [3.63, 3.8) is 0 Å². The number of H-pyrrole nitrogens is 1. The number of hydrogen-bond acceptors (Lipinski definition) is 5. The summed E-state index contributed by atoms with van der Waals surface area (Å²) in [6.07, 6.45) is 2.10. The van der Waals surface area contributed by atoms with Gasteiger partial charge in [-0.1, -0.05) is 59.7 Å². The van der Waals surface area contributed by atoms with Crippen LogP contribution >= 0.6 is 0 Å². The van der Waals surface area contributed by atoms with Gasteiger partial charge in [-0.15, -0.1) is 0 Å². The van der Waals surface area contributed by atoms with Crippen LogP contribution in [0.15, 0.2) is 30.5 Å². The summed E-state index contributed by atoms with van der Waals surface area (Å²) in [5.74, 6) is -3.70. The molecule has 0 fully saturated rings. The minimum absolute atomic E-state index is 0.283. The van der Waals surface area contributed by atoms with Crippen LogP contribution in [0.2, 0.25) is 0 Å². The highest BCUT2D eigenvalue weighted by Crippen LogP contribution is 2.19. The molecule has 1 aromatic carbocycles. The van der Waals surface area contributed by atoms with E-state index in [0.717, 1.165) is 16.5 Å². The largest absolute Gasteiger partial charge is 0.480 e. The minimum atomic E-state index is -1.15. The predicted molar refractivity (Wildman–Crippen MR) is 138 cm³/mol. The number of aliphatic carboxylic acids is 1. The summed E-state index contributed by atoms with van der Waals surface area (Å²) >= 11 is 0. The Labute approximate surface area is 211 Å². The van der Waals surface area contributed by atoms with E-state index in [0.29, 0.717) is 0 Å². The Bertz CT molecular complexity index is 1080. The second-order valence-corrected chi connectivity index (χ2v) is 10.2. The Morgan fingerprint density at radius 2 is 1.28 bits per heavy atom.